The number of anilines is 1. The van der Waals surface area contributed by atoms with Gasteiger partial charge in [-0.25, -0.2) is 4.98 Å². The van der Waals surface area contributed by atoms with Gasteiger partial charge in [0, 0.05) is 11.1 Å². The highest BCUT2D eigenvalue weighted by molar-refractivity contribution is 7.86. The Morgan fingerprint density at radius 3 is 2.79 bits per heavy atom. The minimum Gasteiger partial charge on any atom is -0.379 e. The van der Waals surface area contributed by atoms with Crippen LogP contribution in [0.15, 0.2) is 29.3 Å². The highest BCUT2D eigenvalue weighted by Crippen LogP contribution is 2.24. The number of hydrogen-bond donors (Lipinski definition) is 2. The van der Waals surface area contributed by atoms with Crippen LogP contribution in [0.1, 0.15) is 10.4 Å². The standard InChI is InChI=1S/C11H11ClN2O3S2/c1-7-2-3-9(10(4-7)19(15,16)17)13-5-8-6-14-11(12)18-8/h2-4,6,13H,5H2,1H3,(H,15,16,17). The first-order chi connectivity index (χ1) is 8.86. The molecule has 102 valence electrons. The molecule has 0 spiro atoms. The highest BCUT2D eigenvalue weighted by Gasteiger charge is 2.15. The lowest BCUT2D eigenvalue weighted by molar-refractivity contribution is 0.483. The van der Waals surface area contributed by atoms with E-state index in [1.54, 1.807) is 25.3 Å². The molecule has 0 saturated heterocycles. The van der Waals surface area contributed by atoms with E-state index < -0.39 is 10.1 Å². The Morgan fingerprint density at radius 1 is 1.47 bits per heavy atom. The zero-order valence-corrected chi connectivity index (χ0v) is 12.3. The molecular weight excluding hydrogens is 308 g/mol. The molecule has 0 atom stereocenters. The van der Waals surface area contributed by atoms with Crippen molar-refractivity contribution in [3.8, 4) is 0 Å². The van der Waals surface area contributed by atoms with Crippen LogP contribution in [-0.4, -0.2) is 18.0 Å². The number of nitrogens with one attached hydrogen (secondary N) is 1. The van der Waals surface area contributed by atoms with Crippen molar-refractivity contribution >= 4 is 38.7 Å². The first-order valence-electron chi connectivity index (χ1n) is 5.28. The lowest BCUT2D eigenvalue weighted by atomic mass is 10.2. The predicted octanol–water partition coefficient (Wildman–Crippen LogP) is 2.96. The zero-order chi connectivity index (χ0) is 14.0. The number of halogens is 1. The molecule has 0 aliphatic rings. The summed E-state index contributed by atoms with van der Waals surface area (Å²) < 4.78 is 32.2. The Bertz CT molecular complexity index is 698. The van der Waals surface area contributed by atoms with Gasteiger partial charge in [-0.3, -0.25) is 4.55 Å². The summed E-state index contributed by atoms with van der Waals surface area (Å²) in [5, 5.41) is 2.95. The molecule has 8 heteroatoms. The Hall–Kier alpha value is -1.15. The minimum absolute atomic E-state index is 0.136. The lowest BCUT2D eigenvalue weighted by Gasteiger charge is -2.10. The maximum Gasteiger partial charge on any atom is 0.296 e. The van der Waals surface area contributed by atoms with Gasteiger partial charge in [0.1, 0.15) is 4.90 Å². The number of hydrogen-bond acceptors (Lipinski definition) is 5. The zero-order valence-electron chi connectivity index (χ0n) is 9.92. The average Bonchev–Trinajstić information content (AvgIpc) is 2.72. The van der Waals surface area contributed by atoms with E-state index in [1.807, 2.05) is 0 Å². The van der Waals surface area contributed by atoms with E-state index in [4.69, 9.17) is 11.6 Å². The van der Waals surface area contributed by atoms with Gasteiger partial charge < -0.3 is 5.32 Å². The Morgan fingerprint density at radius 2 is 2.21 bits per heavy atom. The number of rotatable bonds is 4. The molecule has 0 aliphatic heterocycles. The van der Waals surface area contributed by atoms with Crippen molar-refractivity contribution in [2.24, 2.45) is 0 Å². The van der Waals surface area contributed by atoms with Crippen molar-refractivity contribution in [3.05, 3.63) is 39.3 Å². The molecule has 2 aromatic rings. The van der Waals surface area contributed by atoms with Crippen LogP contribution in [0.5, 0.6) is 0 Å². The third-order valence-corrected chi connectivity index (χ3v) is 4.40. The molecule has 1 aromatic heterocycles. The van der Waals surface area contributed by atoms with Crippen molar-refractivity contribution in [3.63, 3.8) is 0 Å². The molecule has 0 fully saturated rings. The van der Waals surface area contributed by atoms with Crippen molar-refractivity contribution < 1.29 is 13.0 Å². The van der Waals surface area contributed by atoms with E-state index in [2.05, 4.69) is 10.3 Å². The van der Waals surface area contributed by atoms with Crippen LogP contribution < -0.4 is 5.32 Å². The second-order valence-corrected chi connectivity index (χ2v) is 7.00. The summed E-state index contributed by atoms with van der Waals surface area (Å²) in [5.74, 6) is 0. The van der Waals surface area contributed by atoms with Crippen molar-refractivity contribution in [2.75, 3.05) is 5.32 Å². The summed E-state index contributed by atoms with van der Waals surface area (Å²) >= 11 is 7.01. The largest absolute Gasteiger partial charge is 0.379 e. The number of thiazole rings is 1. The van der Waals surface area contributed by atoms with Crippen LogP contribution in [0.2, 0.25) is 4.47 Å². The van der Waals surface area contributed by atoms with Gasteiger partial charge in [-0.1, -0.05) is 17.7 Å². The molecule has 0 saturated carbocycles. The van der Waals surface area contributed by atoms with Gasteiger partial charge >= 0.3 is 0 Å². The van der Waals surface area contributed by atoms with E-state index in [9.17, 15) is 13.0 Å². The summed E-state index contributed by atoms with van der Waals surface area (Å²) in [4.78, 5) is 4.62. The number of nitrogens with zero attached hydrogens (tertiary/aromatic N) is 1. The monoisotopic (exact) mass is 318 g/mol. The van der Waals surface area contributed by atoms with Gasteiger partial charge in [0.2, 0.25) is 0 Å². The molecule has 2 N–H and O–H groups in total. The second kappa shape index (κ2) is 5.46. The lowest BCUT2D eigenvalue weighted by Crippen LogP contribution is -2.06. The fourth-order valence-corrected chi connectivity index (χ4v) is 3.21. The van der Waals surface area contributed by atoms with Crippen LogP contribution in [0.25, 0.3) is 0 Å². The van der Waals surface area contributed by atoms with Crippen LogP contribution in [-0.2, 0) is 16.7 Å². The third-order valence-electron chi connectivity index (χ3n) is 2.39. The molecule has 19 heavy (non-hydrogen) atoms. The second-order valence-electron chi connectivity index (χ2n) is 3.91. The maximum absolute atomic E-state index is 11.3. The molecule has 2 rings (SSSR count). The molecular formula is C11H11ClN2O3S2. The number of benzene rings is 1. The summed E-state index contributed by atoms with van der Waals surface area (Å²) in [6.45, 7) is 2.14. The summed E-state index contributed by atoms with van der Waals surface area (Å²) in [6, 6.07) is 4.79. The van der Waals surface area contributed by atoms with Crippen molar-refractivity contribution in [1.29, 1.82) is 0 Å². The van der Waals surface area contributed by atoms with Crippen LogP contribution >= 0.6 is 22.9 Å². The molecule has 0 bridgehead atoms. The fourth-order valence-electron chi connectivity index (χ4n) is 1.54. The fraction of sp³-hybridized carbons (Fsp3) is 0.182. The first kappa shape index (κ1) is 14.3. The number of aryl methyl sites for hydroxylation is 1. The number of aromatic nitrogens is 1. The first-order valence-corrected chi connectivity index (χ1v) is 7.92. The van der Waals surface area contributed by atoms with E-state index in [0.29, 0.717) is 16.7 Å². The van der Waals surface area contributed by atoms with E-state index in [0.717, 1.165) is 10.4 Å². The molecule has 5 nitrogen and oxygen atoms in total. The summed E-state index contributed by atoms with van der Waals surface area (Å²) in [7, 11) is -4.26. The SMILES string of the molecule is Cc1ccc(NCc2cnc(Cl)s2)c(S(=O)(=O)O)c1. The quantitative estimate of drug-likeness (QED) is 0.847. The van der Waals surface area contributed by atoms with E-state index >= 15 is 0 Å². The maximum atomic E-state index is 11.3. The Labute approximate surface area is 120 Å². The average molecular weight is 319 g/mol. The summed E-state index contributed by atoms with van der Waals surface area (Å²) in [5.41, 5.74) is 1.09. The molecule has 1 heterocycles. The Kier molecular flexibility index (Phi) is 4.10. The van der Waals surface area contributed by atoms with Crippen molar-refractivity contribution in [1.82, 2.24) is 4.98 Å². The van der Waals surface area contributed by atoms with Crippen molar-refractivity contribution in [2.45, 2.75) is 18.4 Å². The molecule has 0 radical (unpaired) electrons. The van der Waals surface area contributed by atoms with Gasteiger partial charge in [0.05, 0.1) is 12.2 Å². The van der Waals surface area contributed by atoms with E-state index in [1.165, 1.54) is 17.4 Å². The van der Waals surface area contributed by atoms with Crippen LogP contribution in [0, 0.1) is 6.92 Å². The normalized spacial score (nSPS) is 11.5. The molecule has 1 aromatic carbocycles. The van der Waals surface area contributed by atoms with Gasteiger partial charge in [-0.2, -0.15) is 8.42 Å². The summed E-state index contributed by atoms with van der Waals surface area (Å²) in [6.07, 6.45) is 1.61. The van der Waals surface area contributed by atoms with Crippen LogP contribution in [0.4, 0.5) is 5.69 Å². The Balaban J connectivity index is 2.25. The topological polar surface area (TPSA) is 79.3 Å². The van der Waals surface area contributed by atoms with Gasteiger partial charge in [-0.05, 0) is 24.6 Å². The molecule has 0 unspecified atom stereocenters. The third kappa shape index (κ3) is 3.66. The van der Waals surface area contributed by atoms with Gasteiger partial charge in [0.25, 0.3) is 10.1 Å². The van der Waals surface area contributed by atoms with Crippen LogP contribution in [0.3, 0.4) is 0 Å². The molecule has 0 aliphatic carbocycles. The van der Waals surface area contributed by atoms with Gasteiger partial charge in [-0.15, -0.1) is 11.3 Å². The van der Waals surface area contributed by atoms with Gasteiger partial charge in [0.15, 0.2) is 4.47 Å². The minimum atomic E-state index is -4.26. The molecule has 0 amide bonds. The predicted molar refractivity (Wildman–Crippen MR) is 75.4 cm³/mol. The van der Waals surface area contributed by atoms with E-state index in [-0.39, 0.29) is 4.90 Å². The highest BCUT2D eigenvalue weighted by atomic mass is 35.5. The smallest absolute Gasteiger partial charge is 0.296 e.